The van der Waals surface area contributed by atoms with Crippen LogP contribution < -0.4 is 5.73 Å². The highest BCUT2D eigenvalue weighted by molar-refractivity contribution is 5.84. The molecule has 0 aliphatic heterocycles. The van der Waals surface area contributed by atoms with Crippen molar-refractivity contribution >= 4 is 10.9 Å². The highest BCUT2D eigenvalue weighted by Gasteiger charge is 2.04. The maximum absolute atomic E-state index is 5.67. The van der Waals surface area contributed by atoms with E-state index >= 15 is 0 Å². The van der Waals surface area contributed by atoms with Crippen molar-refractivity contribution in [3.05, 3.63) is 60.6 Å². The predicted molar refractivity (Wildman–Crippen MR) is 91.5 cm³/mol. The SMILES string of the molecule is CC(CN)CCc1ccc2cc(-c3ccncc3)ccc2n1. The molecular weight excluding hydrogens is 270 g/mol. The van der Waals surface area contributed by atoms with Gasteiger partial charge in [-0.25, -0.2) is 0 Å². The quantitative estimate of drug-likeness (QED) is 0.777. The van der Waals surface area contributed by atoms with Crippen LogP contribution in [0.3, 0.4) is 0 Å². The Morgan fingerprint density at radius 3 is 2.59 bits per heavy atom. The van der Waals surface area contributed by atoms with Gasteiger partial charge in [-0.15, -0.1) is 0 Å². The van der Waals surface area contributed by atoms with Crippen LogP contribution in [0.2, 0.25) is 0 Å². The Morgan fingerprint density at radius 2 is 1.82 bits per heavy atom. The molecule has 0 saturated heterocycles. The van der Waals surface area contributed by atoms with Crippen LogP contribution in [0.4, 0.5) is 0 Å². The standard InChI is InChI=1S/C19H21N3/c1-14(13-20)2-5-18-6-3-17-12-16(4-7-19(17)22-18)15-8-10-21-11-9-15/h3-4,6-12,14H,2,5,13,20H2,1H3. The van der Waals surface area contributed by atoms with Crippen LogP contribution in [-0.4, -0.2) is 16.5 Å². The number of nitrogens with two attached hydrogens (primary N) is 1. The normalized spacial score (nSPS) is 12.5. The van der Waals surface area contributed by atoms with Crippen molar-refractivity contribution in [2.45, 2.75) is 19.8 Å². The van der Waals surface area contributed by atoms with E-state index in [4.69, 9.17) is 10.7 Å². The Kier molecular flexibility index (Phi) is 4.45. The lowest BCUT2D eigenvalue weighted by Crippen LogP contribution is -2.11. The molecular formula is C19H21N3. The van der Waals surface area contributed by atoms with E-state index in [9.17, 15) is 0 Å². The molecule has 22 heavy (non-hydrogen) atoms. The second-order valence-corrected chi connectivity index (χ2v) is 5.83. The van der Waals surface area contributed by atoms with Gasteiger partial charge in [0.1, 0.15) is 0 Å². The molecule has 1 unspecified atom stereocenters. The van der Waals surface area contributed by atoms with Crippen molar-refractivity contribution in [1.29, 1.82) is 0 Å². The van der Waals surface area contributed by atoms with E-state index in [1.807, 2.05) is 24.5 Å². The minimum absolute atomic E-state index is 0.548. The molecule has 0 spiro atoms. The molecule has 3 rings (SSSR count). The zero-order valence-electron chi connectivity index (χ0n) is 12.9. The predicted octanol–water partition coefficient (Wildman–Crippen LogP) is 3.82. The maximum Gasteiger partial charge on any atom is 0.0705 e. The topological polar surface area (TPSA) is 51.8 Å². The third-order valence-corrected chi connectivity index (χ3v) is 4.06. The van der Waals surface area contributed by atoms with Crippen LogP contribution in [0.5, 0.6) is 0 Å². The second kappa shape index (κ2) is 6.67. The molecule has 0 radical (unpaired) electrons. The van der Waals surface area contributed by atoms with Crippen LogP contribution in [0, 0.1) is 5.92 Å². The zero-order chi connectivity index (χ0) is 15.4. The van der Waals surface area contributed by atoms with Crippen molar-refractivity contribution in [3.63, 3.8) is 0 Å². The first-order valence-electron chi connectivity index (χ1n) is 7.76. The fourth-order valence-electron chi connectivity index (χ4n) is 2.54. The van der Waals surface area contributed by atoms with Crippen LogP contribution in [-0.2, 0) is 6.42 Å². The third kappa shape index (κ3) is 3.31. The van der Waals surface area contributed by atoms with Gasteiger partial charge in [0.25, 0.3) is 0 Å². The number of aromatic nitrogens is 2. The van der Waals surface area contributed by atoms with Gasteiger partial charge in [0.2, 0.25) is 0 Å². The maximum atomic E-state index is 5.67. The van der Waals surface area contributed by atoms with Gasteiger partial charge in [-0.1, -0.05) is 19.1 Å². The van der Waals surface area contributed by atoms with E-state index in [1.54, 1.807) is 0 Å². The van der Waals surface area contributed by atoms with Crippen molar-refractivity contribution in [2.75, 3.05) is 6.54 Å². The molecule has 0 aliphatic rings. The van der Waals surface area contributed by atoms with E-state index in [2.05, 4.69) is 42.2 Å². The largest absolute Gasteiger partial charge is 0.330 e. The summed E-state index contributed by atoms with van der Waals surface area (Å²) in [5.74, 6) is 0.548. The summed E-state index contributed by atoms with van der Waals surface area (Å²) in [5.41, 5.74) is 10.2. The van der Waals surface area contributed by atoms with E-state index in [0.29, 0.717) is 5.92 Å². The number of pyridine rings is 2. The van der Waals surface area contributed by atoms with Gasteiger partial charge in [-0.2, -0.15) is 0 Å². The highest BCUT2D eigenvalue weighted by atomic mass is 14.7. The lowest BCUT2D eigenvalue weighted by atomic mass is 10.0. The van der Waals surface area contributed by atoms with Gasteiger partial charge < -0.3 is 5.73 Å². The molecule has 2 aromatic heterocycles. The molecule has 0 aliphatic carbocycles. The molecule has 1 atom stereocenters. The van der Waals surface area contributed by atoms with Crippen LogP contribution in [0.15, 0.2) is 54.9 Å². The average Bonchev–Trinajstić information content (AvgIpc) is 2.59. The van der Waals surface area contributed by atoms with Gasteiger partial charge in [0.15, 0.2) is 0 Å². The average molecular weight is 291 g/mol. The van der Waals surface area contributed by atoms with Gasteiger partial charge in [-0.3, -0.25) is 9.97 Å². The number of nitrogens with zero attached hydrogens (tertiary/aromatic N) is 2. The molecule has 2 N–H and O–H groups in total. The minimum Gasteiger partial charge on any atom is -0.330 e. The molecule has 3 heteroatoms. The van der Waals surface area contributed by atoms with Crippen LogP contribution in [0.1, 0.15) is 19.0 Å². The van der Waals surface area contributed by atoms with Gasteiger partial charge >= 0.3 is 0 Å². The monoisotopic (exact) mass is 291 g/mol. The Morgan fingerprint density at radius 1 is 1.00 bits per heavy atom. The summed E-state index contributed by atoms with van der Waals surface area (Å²) in [4.78, 5) is 8.83. The summed E-state index contributed by atoms with van der Waals surface area (Å²) >= 11 is 0. The Balaban J connectivity index is 1.85. The smallest absolute Gasteiger partial charge is 0.0705 e. The van der Waals surface area contributed by atoms with Crippen molar-refractivity contribution < 1.29 is 0 Å². The fourth-order valence-corrected chi connectivity index (χ4v) is 2.54. The molecule has 3 nitrogen and oxygen atoms in total. The first-order valence-corrected chi connectivity index (χ1v) is 7.76. The molecule has 112 valence electrons. The van der Waals surface area contributed by atoms with Gasteiger partial charge in [0.05, 0.1) is 5.52 Å². The summed E-state index contributed by atoms with van der Waals surface area (Å²) in [6.45, 7) is 2.92. The number of hydrogen-bond acceptors (Lipinski definition) is 3. The number of benzene rings is 1. The first-order chi connectivity index (χ1) is 10.8. The summed E-state index contributed by atoms with van der Waals surface area (Å²) in [5, 5.41) is 1.17. The lowest BCUT2D eigenvalue weighted by Gasteiger charge is -2.09. The van der Waals surface area contributed by atoms with Crippen molar-refractivity contribution in [3.8, 4) is 11.1 Å². The zero-order valence-corrected chi connectivity index (χ0v) is 12.9. The molecule has 0 saturated carbocycles. The lowest BCUT2D eigenvalue weighted by molar-refractivity contribution is 0.541. The molecule has 0 bridgehead atoms. The molecule has 3 aromatic rings. The second-order valence-electron chi connectivity index (χ2n) is 5.83. The van der Waals surface area contributed by atoms with Gasteiger partial charge in [-0.05, 0) is 66.8 Å². The molecule has 0 amide bonds. The molecule has 0 fully saturated rings. The summed E-state index contributed by atoms with van der Waals surface area (Å²) in [7, 11) is 0. The number of fused-ring (bicyclic) bond motifs is 1. The number of aryl methyl sites for hydroxylation is 1. The third-order valence-electron chi connectivity index (χ3n) is 4.06. The fraction of sp³-hybridized carbons (Fsp3) is 0.263. The Labute approximate surface area is 131 Å². The van der Waals surface area contributed by atoms with Crippen molar-refractivity contribution in [2.24, 2.45) is 11.7 Å². The minimum atomic E-state index is 0.548. The van der Waals surface area contributed by atoms with Gasteiger partial charge in [0, 0.05) is 23.5 Å². The summed E-state index contributed by atoms with van der Waals surface area (Å²) in [6, 6.07) is 14.7. The summed E-state index contributed by atoms with van der Waals surface area (Å²) in [6.07, 6.45) is 5.71. The van der Waals surface area contributed by atoms with E-state index in [0.717, 1.165) is 30.6 Å². The molecule has 2 heterocycles. The number of rotatable bonds is 5. The van der Waals surface area contributed by atoms with Crippen LogP contribution in [0.25, 0.3) is 22.0 Å². The highest BCUT2D eigenvalue weighted by Crippen LogP contribution is 2.23. The Hall–Kier alpha value is -2.26. The molecule has 1 aromatic carbocycles. The van der Waals surface area contributed by atoms with Crippen molar-refractivity contribution in [1.82, 2.24) is 9.97 Å². The first kappa shape index (κ1) is 14.7. The van der Waals surface area contributed by atoms with E-state index in [-0.39, 0.29) is 0 Å². The number of hydrogen-bond donors (Lipinski definition) is 1. The van der Waals surface area contributed by atoms with E-state index in [1.165, 1.54) is 16.5 Å². The Bertz CT molecular complexity index is 753. The summed E-state index contributed by atoms with van der Waals surface area (Å²) < 4.78 is 0. The van der Waals surface area contributed by atoms with Crippen LogP contribution >= 0.6 is 0 Å². The van der Waals surface area contributed by atoms with E-state index < -0.39 is 0 Å².